The molecule has 0 spiro atoms. The average molecular weight is 615 g/mol. The van der Waals surface area contributed by atoms with Crippen molar-refractivity contribution in [2.75, 3.05) is 70.9 Å². The normalized spacial score (nSPS) is 24.3. The van der Waals surface area contributed by atoms with Gasteiger partial charge in [0.25, 0.3) is 5.91 Å². The van der Waals surface area contributed by atoms with E-state index in [1.165, 1.54) is 24.3 Å². The minimum atomic E-state index is -0.939. The van der Waals surface area contributed by atoms with E-state index in [-0.39, 0.29) is 65.1 Å². The van der Waals surface area contributed by atoms with Crippen molar-refractivity contribution in [2.45, 2.75) is 37.9 Å². The third-order valence-corrected chi connectivity index (χ3v) is 9.62. The number of hydrogen-bond acceptors (Lipinski definition) is 7. The predicted octanol–water partition coefficient (Wildman–Crippen LogP) is 3.52. The molecule has 0 bridgehead atoms. The fourth-order valence-electron chi connectivity index (χ4n) is 6.87. The minimum Gasteiger partial charge on any atom is -0.487 e. The summed E-state index contributed by atoms with van der Waals surface area (Å²) in [6.07, 6.45) is 2.04. The topological polar surface area (TPSA) is 72.5 Å². The number of aromatic nitrogens is 1. The van der Waals surface area contributed by atoms with Crippen LogP contribution in [0.15, 0.2) is 30.9 Å². The molecule has 2 atom stereocenters. The molecule has 0 N–H and O–H groups in total. The smallest absolute Gasteiger partial charge is 0.262 e. The van der Waals surface area contributed by atoms with Gasteiger partial charge >= 0.3 is 0 Å². The van der Waals surface area contributed by atoms with Crippen molar-refractivity contribution in [3.63, 3.8) is 0 Å². The molecular formula is C31H37ClF2N6O3. The monoisotopic (exact) mass is 614 g/mol. The van der Waals surface area contributed by atoms with Crippen molar-refractivity contribution in [1.82, 2.24) is 24.6 Å². The van der Waals surface area contributed by atoms with Gasteiger partial charge in [0.05, 0.1) is 16.6 Å². The van der Waals surface area contributed by atoms with Gasteiger partial charge in [-0.3, -0.25) is 14.5 Å². The van der Waals surface area contributed by atoms with Gasteiger partial charge in [0, 0.05) is 63.9 Å². The van der Waals surface area contributed by atoms with E-state index in [2.05, 4.69) is 37.3 Å². The number of ether oxygens (including phenoxy) is 1. The van der Waals surface area contributed by atoms with E-state index in [9.17, 15) is 9.59 Å². The van der Waals surface area contributed by atoms with E-state index in [0.717, 1.165) is 32.6 Å². The van der Waals surface area contributed by atoms with Gasteiger partial charge in [-0.1, -0.05) is 24.2 Å². The third kappa shape index (κ3) is 5.25. The van der Waals surface area contributed by atoms with Crippen molar-refractivity contribution in [1.29, 1.82) is 0 Å². The highest BCUT2D eigenvalue weighted by Crippen LogP contribution is 2.45. The third-order valence-electron chi connectivity index (χ3n) is 9.31. The first-order chi connectivity index (χ1) is 20.5. The zero-order valence-electron chi connectivity index (χ0n) is 24.8. The van der Waals surface area contributed by atoms with Crippen LogP contribution in [0.1, 0.15) is 30.6 Å². The van der Waals surface area contributed by atoms with Crippen LogP contribution in [0.4, 0.5) is 14.6 Å². The molecule has 1 aromatic carbocycles. The highest BCUT2D eigenvalue weighted by atomic mass is 35.5. The molecule has 0 aliphatic carbocycles. The lowest BCUT2D eigenvalue weighted by Crippen LogP contribution is -2.57. The second kappa shape index (κ2) is 11.3. The van der Waals surface area contributed by atoms with Crippen LogP contribution in [0.5, 0.6) is 5.75 Å². The molecule has 9 nitrogen and oxygen atoms in total. The summed E-state index contributed by atoms with van der Waals surface area (Å²) in [5, 5.41) is 0.00393. The molecular weight excluding hydrogens is 578 g/mol. The van der Waals surface area contributed by atoms with Crippen LogP contribution in [0.25, 0.3) is 11.3 Å². The number of benzene rings is 1. The van der Waals surface area contributed by atoms with Crippen molar-refractivity contribution < 1.29 is 23.1 Å². The van der Waals surface area contributed by atoms with Gasteiger partial charge in [-0.2, -0.15) is 0 Å². The van der Waals surface area contributed by atoms with Gasteiger partial charge in [-0.05, 0) is 45.5 Å². The molecule has 0 radical (unpaired) electrons. The Hall–Kier alpha value is -3.28. The van der Waals surface area contributed by atoms with E-state index < -0.39 is 29.1 Å². The van der Waals surface area contributed by atoms with Gasteiger partial charge in [0.15, 0.2) is 11.6 Å². The molecule has 5 heterocycles. The van der Waals surface area contributed by atoms with Gasteiger partial charge in [0.2, 0.25) is 5.91 Å². The van der Waals surface area contributed by atoms with Crippen molar-refractivity contribution in [2.24, 2.45) is 0 Å². The summed E-state index contributed by atoms with van der Waals surface area (Å²) in [4.78, 5) is 41.5. The van der Waals surface area contributed by atoms with Gasteiger partial charge in [-0.15, -0.1) is 0 Å². The number of hydrogen-bond donors (Lipinski definition) is 0. The zero-order chi connectivity index (χ0) is 30.6. The Kier molecular flexibility index (Phi) is 7.85. The molecule has 1 unspecified atom stereocenters. The van der Waals surface area contributed by atoms with E-state index >= 15 is 8.78 Å². The average Bonchev–Trinajstić information content (AvgIpc) is 3.22. The number of likely N-dealkylation sites (N-methyl/N-ethyl adjacent to an activating group) is 1. The van der Waals surface area contributed by atoms with E-state index in [4.69, 9.17) is 21.3 Å². The molecule has 1 aromatic heterocycles. The zero-order valence-corrected chi connectivity index (χ0v) is 25.5. The quantitative estimate of drug-likeness (QED) is 0.488. The highest BCUT2D eigenvalue weighted by Gasteiger charge is 2.47. The van der Waals surface area contributed by atoms with Crippen LogP contribution >= 0.6 is 11.6 Å². The van der Waals surface area contributed by atoms with Gasteiger partial charge in [0.1, 0.15) is 29.5 Å². The van der Waals surface area contributed by atoms with Gasteiger partial charge < -0.3 is 24.3 Å². The number of fused-ring (bicyclic) bond motifs is 2. The Balaban J connectivity index is 1.47. The Bertz CT molecular complexity index is 1440. The van der Waals surface area contributed by atoms with Crippen molar-refractivity contribution >= 4 is 29.2 Å². The van der Waals surface area contributed by atoms with Crippen LogP contribution < -0.4 is 9.64 Å². The summed E-state index contributed by atoms with van der Waals surface area (Å²) in [6.45, 7) is 12.8. The lowest BCUT2D eigenvalue weighted by Gasteiger charge is -2.40. The Morgan fingerprint density at radius 2 is 1.84 bits per heavy atom. The van der Waals surface area contributed by atoms with Crippen molar-refractivity contribution in [3.8, 4) is 17.0 Å². The Morgan fingerprint density at radius 1 is 1.09 bits per heavy atom. The van der Waals surface area contributed by atoms with Crippen LogP contribution in [-0.2, 0) is 4.79 Å². The second-order valence-electron chi connectivity index (χ2n) is 12.5. The number of carbonyl (C=O) groups is 2. The highest BCUT2D eigenvalue weighted by molar-refractivity contribution is 6.33. The van der Waals surface area contributed by atoms with Crippen LogP contribution in [0.2, 0.25) is 5.02 Å². The number of nitrogens with zero attached hydrogens (tertiary/aromatic N) is 6. The van der Waals surface area contributed by atoms with Gasteiger partial charge in [-0.25, -0.2) is 13.8 Å². The van der Waals surface area contributed by atoms with E-state index in [0.29, 0.717) is 13.1 Å². The van der Waals surface area contributed by atoms with Crippen LogP contribution in [-0.4, -0.2) is 120 Å². The lowest BCUT2D eigenvalue weighted by molar-refractivity contribution is -0.128. The van der Waals surface area contributed by atoms with Crippen LogP contribution in [0.3, 0.4) is 0 Å². The SMILES string of the molecule is C=CC(=O)N1CCN2C(=O)c3c(N4CC(N5CCN(C)CC5)CC4(C)C)nc(-c4c(F)cccc4Cl)c(F)c3OC[C@H]2C1. The number of anilines is 1. The summed E-state index contributed by atoms with van der Waals surface area (Å²) >= 11 is 6.41. The second-order valence-corrected chi connectivity index (χ2v) is 12.9. The molecule has 2 aromatic rings. The Labute approximate surface area is 255 Å². The predicted molar refractivity (Wildman–Crippen MR) is 161 cm³/mol. The summed E-state index contributed by atoms with van der Waals surface area (Å²) < 4.78 is 37.8. The first-order valence-corrected chi connectivity index (χ1v) is 15.1. The number of amides is 2. The molecule has 2 amide bonds. The molecule has 12 heteroatoms. The molecule has 3 saturated heterocycles. The fourth-order valence-corrected chi connectivity index (χ4v) is 7.13. The number of carbonyl (C=O) groups excluding carboxylic acids is 2. The molecule has 4 aliphatic heterocycles. The van der Waals surface area contributed by atoms with Crippen LogP contribution in [0, 0.1) is 11.6 Å². The summed E-state index contributed by atoms with van der Waals surface area (Å²) in [7, 11) is 2.11. The van der Waals surface area contributed by atoms with E-state index in [1.807, 2.05) is 4.90 Å². The molecule has 230 valence electrons. The maximum Gasteiger partial charge on any atom is 0.262 e. The number of rotatable bonds is 4. The molecule has 4 aliphatic rings. The summed E-state index contributed by atoms with van der Waals surface area (Å²) in [5.41, 5.74) is -0.915. The molecule has 0 saturated carbocycles. The summed E-state index contributed by atoms with van der Waals surface area (Å²) in [6, 6.07) is 3.81. The first kappa shape index (κ1) is 29.8. The van der Waals surface area contributed by atoms with Crippen molar-refractivity contribution in [3.05, 3.63) is 53.1 Å². The maximum atomic E-state index is 16.5. The lowest BCUT2D eigenvalue weighted by atomic mass is 9.98. The first-order valence-electron chi connectivity index (χ1n) is 14.7. The van der Waals surface area contributed by atoms with E-state index in [1.54, 1.807) is 9.80 Å². The fraction of sp³-hybridized carbons (Fsp3) is 0.516. The minimum absolute atomic E-state index is 0.00393. The Morgan fingerprint density at radius 3 is 2.53 bits per heavy atom. The molecule has 3 fully saturated rings. The number of halogens is 3. The number of piperazine rings is 2. The maximum absolute atomic E-state index is 16.5. The largest absolute Gasteiger partial charge is 0.487 e. The number of pyridine rings is 1. The summed E-state index contributed by atoms with van der Waals surface area (Å²) in [5.74, 6) is -2.34. The molecule has 6 rings (SSSR count). The molecule has 43 heavy (non-hydrogen) atoms. The standard InChI is InChI=1S/C31H37ClF2N6O3/c1-5-23(41)38-13-14-39-20(16-38)18-43-28-25(30(39)42)29(35-27(26(28)34)24-21(32)7-6-8-22(24)33)40-17-19(15-31(40,2)3)37-11-9-36(4)10-12-37/h5-8,19-20H,1,9-18H2,2-4H3/t19?,20-/m1/s1.